The summed E-state index contributed by atoms with van der Waals surface area (Å²) in [6.07, 6.45) is 6.95. The minimum absolute atomic E-state index is 0.0447. The number of hydrogen-bond acceptors (Lipinski definition) is 5. The summed E-state index contributed by atoms with van der Waals surface area (Å²) in [5.41, 5.74) is -0.0447. The Morgan fingerprint density at radius 1 is 1.52 bits per heavy atom. The van der Waals surface area contributed by atoms with Gasteiger partial charge in [-0.3, -0.25) is 0 Å². The second-order valence-corrected chi connectivity index (χ2v) is 6.45. The molecular formula is C15H23FN4O. The number of halogens is 1. The highest BCUT2D eigenvalue weighted by molar-refractivity contribution is 5.42. The van der Waals surface area contributed by atoms with Gasteiger partial charge in [-0.2, -0.15) is 4.98 Å². The summed E-state index contributed by atoms with van der Waals surface area (Å²) in [5.74, 6) is 1.11. The van der Waals surface area contributed by atoms with Gasteiger partial charge in [0.15, 0.2) is 11.6 Å². The molecule has 0 amide bonds. The van der Waals surface area contributed by atoms with Gasteiger partial charge in [0.1, 0.15) is 0 Å². The van der Waals surface area contributed by atoms with Crippen molar-refractivity contribution in [3.8, 4) is 0 Å². The highest BCUT2D eigenvalue weighted by Crippen LogP contribution is 2.44. The van der Waals surface area contributed by atoms with Gasteiger partial charge in [-0.25, -0.2) is 9.37 Å². The van der Waals surface area contributed by atoms with E-state index >= 15 is 0 Å². The Morgan fingerprint density at radius 2 is 2.33 bits per heavy atom. The maximum Gasteiger partial charge on any atom is 0.227 e. The molecule has 2 fully saturated rings. The van der Waals surface area contributed by atoms with Gasteiger partial charge in [0, 0.05) is 25.6 Å². The van der Waals surface area contributed by atoms with Crippen LogP contribution < -0.4 is 10.2 Å². The molecule has 1 aliphatic heterocycles. The Kier molecular flexibility index (Phi) is 3.97. The molecule has 2 N–H and O–H groups in total. The predicted octanol–water partition coefficient (Wildman–Crippen LogP) is 2.04. The molecule has 0 bridgehead atoms. The number of rotatable bonds is 5. The van der Waals surface area contributed by atoms with Crippen LogP contribution in [0.15, 0.2) is 6.20 Å². The van der Waals surface area contributed by atoms with Gasteiger partial charge < -0.3 is 15.3 Å². The zero-order valence-electron chi connectivity index (χ0n) is 12.5. The largest absolute Gasteiger partial charge is 0.396 e. The highest BCUT2D eigenvalue weighted by Gasteiger charge is 2.40. The highest BCUT2D eigenvalue weighted by atomic mass is 19.1. The summed E-state index contributed by atoms with van der Waals surface area (Å²) >= 11 is 0. The van der Waals surface area contributed by atoms with Crippen molar-refractivity contribution in [1.82, 2.24) is 9.97 Å². The van der Waals surface area contributed by atoms with E-state index in [2.05, 4.69) is 20.2 Å². The first-order valence-electron chi connectivity index (χ1n) is 7.72. The number of anilines is 2. The van der Waals surface area contributed by atoms with Crippen molar-refractivity contribution in [2.24, 2.45) is 11.3 Å². The van der Waals surface area contributed by atoms with Crippen molar-refractivity contribution in [1.29, 1.82) is 0 Å². The Hall–Kier alpha value is -1.43. The summed E-state index contributed by atoms with van der Waals surface area (Å²) < 4.78 is 13.5. The number of aliphatic hydroxyl groups excluding tert-OH is 1. The standard InChI is InChI=1S/C15H23FN4O/c1-17-13-12(16)8-18-14(19-13)20-6-2-5-15(9-20,10-21)7-11-3-4-11/h8,11,21H,2-7,9-10H2,1H3,(H,17,18,19). The average molecular weight is 294 g/mol. The van der Waals surface area contributed by atoms with Crippen LogP contribution in [0.3, 0.4) is 0 Å². The first kappa shape index (κ1) is 14.5. The van der Waals surface area contributed by atoms with E-state index in [-0.39, 0.29) is 17.8 Å². The summed E-state index contributed by atoms with van der Waals surface area (Å²) in [6, 6.07) is 0. The van der Waals surface area contributed by atoms with Crippen LogP contribution in [0.2, 0.25) is 0 Å². The van der Waals surface area contributed by atoms with Crippen LogP contribution in [-0.4, -0.2) is 41.8 Å². The van der Waals surface area contributed by atoms with E-state index in [0.29, 0.717) is 5.95 Å². The Balaban J connectivity index is 1.78. The smallest absolute Gasteiger partial charge is 0.227 e. The summed E-state index contributed by atoms with van der Waals surface area (Å²) in [6.45, 7) is 1.83. The van der Waals surface area contributed by atoms with E-state index in [4.69, 9.17) is 0 Å². The molecule has 1 saturated heterocycles. The molecule has 1 saturated carbocycles. The first-order valence-corrected chi connectivity index (χ1v) is 7.72. The Labute approximate surface area is 124 Å². The molecule has 1 aliphatic carbocycles. The van der Waals surface area contributed by atoms with Crippen molar-refractivity contribution in [3.63, 3.8) is 0 Å². The lowest BCUT2D eigenvalue weighted by atomic mass is 9.76. The quantitative estimate of drug-likeness (QED) is 0.870. The molecule has 2 aliphatic rings. The minimum Gasteiger partial charge on any atom is -0.396 e. The molecule has 5 nitrogen and oxygen atoms in total. The maximum absolute atomic E-state index is 13.5. The monoisotopic (exact) mass is 294 g/mol. The molecule has 1 atom stereocenters. The van der Waals surface area contributed by atoms with E-state index < -0.39 is 5.82 Å². The fraction of sp³-hybridized carbons (Fsp3) is 0.733. The van der Waals surface area contributed by atoms with Crippen molar-refractivity contribution >= 4 is 11.8 Å². The Bertz CT molecular complexity index is 508. The van der Waals surface area contributed by atoms with Crippen LogP contribution >= 0.6 is 0 Å². The number of aromatic nitrogens is 2. The SMILES string of the molecule is CNc1nc(N2CCCC(CO)(CC3CC3)C2)ncc1F. The molecule has 0 radical (unpaired) electrons. The third-order valence-corrected chi connectivity index (χ3v) is 4.67. The molecule has 0 spiro atoms. The summed E-state index contributed by atoms with van der Waals surface area (Å²) in [5, 5.41) is 12.6. The first-order chi connectivity index (χ1) is 10.2. The van der Waals surface area contributed by atoms with Crippen molar-refractivity contribution in [2.75, 3.05) is 37.0 Å². The predicted molar refractivity (Wildman–Crippen MR) is 79.8 cm³/mol. The maximum atomic E-state index is 13.5. The van der Waals surface area contributed by atoms with E-state index in [9.17, 15) is 9.50 Å². The number of nitrogens with one attached hydrogen (secondary N) is 1. The Morgan fingerprint density at radius 3 is 3.00 bits per heavy atom. The normalized spacial score (nSPS) is 26.0. The molecule has 1 unspecified atom stereocenters. The van der Waals surface area contributed by atoms with Gasteiger partial charge in [-0.15, -0.1) is 0 Å². The van der Waals surface area contributed by atoms with Gasteiger partial charge in [-0.05, 0) is 25.2 Å². The van der Waals surface area contributed by atoms with Crippen LogP contribution in [0.25, 0.3) is 0 Å². The lowest BCUT2D eigenvalue weighted by molar-refractivity contribution is 0.0899. The fourth-order valence-electron chi connectivity index (χ4n) is 3.36. The number of nitrogens with zero attached hydrogens (tertiary/aromatic N) is 3. The van der Waals surface area contributed by atoms with Crippen LogP contribution in [0.1, 0.15) is 32.1 Å². The molecule has 116 valence electrons. The van der Waals surface area contributed by atoms with Gasteiger partial charge in [-0.1, -0.05) is 12.8 Å². The lowest BCUT2D eigenvalue weighted by Gasteiger charge is -2.42. The molecule has 2 heterocycles. The van der Waals surface area contributed by atoms with Gasteiger partial charge in [0.2, 0.25) is 5.95 Å². The third-order valence-electron chi connectivity index (χ3n) is 4.67. The second kappa shape index (κ2) is 5.75. The zero-order valence-corrected chi connectivity index (χ0v) is 12.5. The zero-order chi connectivity index (χ0) is 14.9. The topological polar surface area (TPSA) is 61.3 Å². The van der Waals surface area contributed by atoms with Crippen molar-refractivity contribution < 1.29 is 9.50 Å². The van der Waals surface area contributed by atoms with Crippen molar-refractivity contribution in [3.05, 3.63) is 12.0 Å². The summed E-state index contributed by atoms with van der Waals surface area (Å²) in [4.78, 5) is 10.5. The third kappa shape index (κ3) is 3.10. The number of aliphatic hydroxyl groups is 1. The molecule has 21 heavy (non-hydrogen) atoms. The molecule has 6 heteroatoms. The van der Waals surface area contributed by atoms with Gasteiger partial charge in [0.25, 0.3) is 0 Å². The van der Waals surface area contributed by atoms with Crippen molar-refractivity contribution in [2.45, 2.75) is 32.1 Å². The van der Waals surface area contributed by atoms with E-state index in [1.54, 1.807) is 7.05 Å². The number of hydrogen-bond donors (Lipinski definition) is 2. The molecule has 1 aromatic rings. The second-order valence-electron chi connectivity index (χ2n) is 6.45. The van der Waals surface area contributed by atoms with E-state index in [1.165, 1.54) is 19.0 Å². The molecular weight excluding hydrogens is 271 g/mol. The van der Waals surface area contributed by atoms with Gasteiger partial charge >= 0.3 is 0 Å². The fourth-order valence-corrected chi connectivity index (χ4v) is 3.36. The number of piperidine rings is 1. The summed E-state index contributed by atoms with van der Waals surface area (Å²) in [7, 11) is 1.65. The van der Waals surface area contributed by atoms with Gasteiger partial charge in [0.05, 0.1) is 12.8 Å². The molecule has 3 rings (SSSR count). The van der Waals surface area contributed by atoms with E-state index in [0.717, 1.165) is 38.3 Å². The van der Waals surface area contributed by atoms with Crippen LogP contribution in [-0.2, 0) is 0 Å². The molecule has 1 aromatic heterocycles. The van der Waals surface area contributed by atoms with Crippen LogP contribution in [0.5, 0.6) is 0 Å². The lowest BCUT2D eigenvalue weighted by Crippen LogP contribution is -2.46. The van der Waals surface area contributed by atoms with Crippen LogP contribution in [0, 0.1) is 17.2 Å². The van der Waals surface area contributed by atoms with E-state index in [1.807, 2.05) is 0 Å². The minimum atomic E-state index is -0.440. The molecule has 0 aromatic carbocycles. The van der Waals surface area contributed by atoms with Crippen LogP contribution in [0.4, 0.5) is 16.2 Å². The average Bonchev–Trinajstić information content (AvgIpc) is 3.32.